The molecule has 6 rings (SSSR count). The molecule has 1 saturated heterocycles. The molecule has 2 unspecified atom stereocenters. The first-order valence-electron chi connectivity index (χ1n) is 15.2. The summed E-state index contributed by atoms with van der Waals surface area (Å²) in [6, 6.07) is 7.14. The predicted octanol–water partition coefficient (Wildman–Crippen LogP) is 2.75. The van der Waals surface area contributed by atoms with Crippen LogP contribution in [0, 0.1) is 11.7 Å². The van der Waals surface area contributed by atoms with Crippen LogP contribution in [-0.2, 0) is 26.4 Å². The van der Waals surface area contributed by atoms with E-state index in [0.29, 0.717) is 65.4 Å². The number of hydrogen-bond acceptors (Lipinski definition) is 8. The minimum Gasteiger partial charge on any atom is -0.444 e. The first-order chi connectivity index (χ1) is 21.6. The van der Waals surface area contributed by atoms with Crippen LogP contribution in [0.1, 0.15) is 31.9 Å². The summed E-state index contributed by atoms with van der Waals surface area (Å²) < 4.78 is 46.1. The molecule has 13 heteroatoms. The van der Waals surface area contributed by atoms with Crippen LogP contribution in [0.25, 0.3) is 11.3 Å². The molecule has 1 N–H and O–H groups in total. The van der Waals surface area contributed by atoms with Gasteiger partial charge >= 0.3 is 6.09 Å². The molecule has 0 bridgehead atoms. The number of carbonyl (C=O) groups is 2. The number of amides is 2. The lowest BCUT2D eigenvalue weighted by Gasteiger charge is -2.42. The van der Waals surface area contributed by atoms with Crippen molar-refractivity contribution in [1.82, 2.24) is 19.7 Å². The minimum absolute atomic E-state index is 0.125. The molecular formula is C33H38FN5O6S. The standard InChI is InChI=1S/C33H38FN5O6S/c1-33(2,3)45-32(42)38-14-12-37(13-15-38)30(40)25-17-35-28-26-20(18-39(29(25)26)23-8-6-22(34)7-9-23)16-21(19-46(5,43)44)24-10-11-36(4)31(41)27(24)28/h6-11,16,18,25,29,35H,12-15,17,19H2,1-5H3. The van der Waals surface area contributed by atoms with Gasteiger partial charge in [0.15, 0.2) is 9.84 Å². The monoisotopic (exact) mass is 651 g/mol. The van der Waals surface area contributed by atoms with Gasteiger partial charge in [0.05, 0.1) is 29.0 Å². The summed E-state index contributed by atoms with van der Waals surface area (Å²) in [5.41, 5.74) is 2.98. The van der Waals surface area contributed by atoms with Crippen molar-refractivity contribution >= 4 is 38.8 Å². The van der Waals surface area contributed by atoms with E-state index >= 15 is 0 Å². The number of anilines is 1. The maximum Gasteiger partial charge on any atom is 0.410 e. The molecule has 0 radical (unpaired) electrons. The zero-order valence-corrected chi connectivity index (χ0v) is 27.4. The first kappa shape index (κ1) is 31.6. The average Bonchev–Trinajstić information content (AvgIpc) is 3.29. The Morgan fingerprint density at radius 1 is 1.04 bits per heavy atom. The Labute approximate surface area is 267 Å². The molecule has 4 aliphatic rings. The van der Waals surface area contributed by atoms with Crippen molar-refractivity contribution in [2.24, 2.45) is 13.0 Å². The zero-order chi connectivity index (χ0) is 33.1. The van der Waals surface area contributed by atoms with Gasteiger partial charge < -0.3 is 29.3 Å². The molecule has 0 saturated carbocycles. The molecule has 244 valence electrons. The van der Waals surface area contributed by atoms with Gasteiger partial charge in [-0.3, -0.25) is 9.59 Å². The lowest BCUT2D eigenvalue weighted by atomic mass is 9.83. The van der Waals surface area contributed by atoms with Gasteiger partial charge in [-0.25, -0.2) is 17.6 Å². The first-order valence-corrected chi connectivity index (χ1v) is 17.3. The van der Waals surface area contributed by atoms with E-state index in [4.69, 9.17) is 4.74 Å². The van der Waals surface area contributed by atoms with Crippen LogP contribution >= 0.6 is 0 Å². The molecule has 46 heavy (non-hydrogen) atoms. The normalized spacial score (nSPS) is 21.1. The Morgan fingerprint density at radius 3 is 2.33 bits per heavy atom. The number of nitrogens with one attached hydrogen (secondary N) is 1. The third-order valence-electron chi connectivity index (χ3n) is 8.63. The van der Waals surface area contributed by atoms with Crippen molar-refractivity contribution < 1.29 is 27.1 Å². The van der Waals surface area contributed by atoms with Crippen LogP contribution in [0.5, 0.6) is 0 Å². The lowest BCUT2D eigenvalue weighted by molar-refractivity contribution is -0.137. The maximum absolute atomic E-state index is 14.3. The van der Waals surface area contributed by atoms with Crippen LogP contribution in [0.3, 0.4) is 0 Å². The number of piperazine rings is 1. The number of halogens is 1. The molecule has 2 aromatic rings. The molecule has 4 heterocycles. The van der Waals surface area contributed by atoms with E-state index in [-0.39, 0.29) is 23.8 Å². The molecule has 2 amide bonds. The van der Waals surface area contributed by atoms with Crippen LogP contribution in [0.2, 0.25) is 0 Å². The number of carbonyl (C=O) groups excluding carboxylic acids is 2. The summed E-state index contributed by atoms with van der Waals surface area (Å²) in [4.78, 5) is 45.9. The average molecular weight is 652 g/mol. The van der Waals surface area contributed by atoms with Gasteiger partial charge in [-0.05, 0) is 73.9 Å². The van der Waals surface area contributed by atoms with E-state index in [1.165, 1.54) is 16.7 Å². The number of benzene rings is 1. The number of hydrogen-bond donors (Lipinski definition) is 1. The highest BCUT2D eigenvalue weighted by molar-refractivity contribution is 7.91. The summed E-state index contributed by atoms with van der Waals surface area (Å²) >= 11 is 0. The van der Waals surface area contributed by atoms with E-state index in [1.54, 1.807) is 47.3 Å². The molecule has 3 aliphatic heterocycles. The van der Waals surface area contributed by atoms with Gasteiger partial charge in [0.1, 0.15) is 11.4 Å². The second kappa shape index (κ2) is 11.4. The highest BCUT2D eigenvalue weighted by Gasteiger charge is 2.47. The number of ether oxygens (including phenoxy) is 1. The second-order valence-electron chi connectivity index (χ2n) is 13.2. The van der Waals surface area contributed by atoms with E-state index in [9.17, 15) is 27.2 Å². The number of fused-ring (bicyclic) bond motifs is 2. The summed E-state index contributed by atoms with van der Waals surface area (Å²) in [6.45, 7) is 6.92. The number of rotatable bonds is 4. The number of aryl methyl sites for hydroxylation is 1. The highest BCUT2D eigenvalue weighted by Crippen LogP contribution is 2.46. The van der Waals surface area contributed by atoms with Crippen LogP contribution < -0.4 is 15.8 Å². The third kappa shape index (κ3) is 5.95. The predicted molar refractivity (Wildman–Crippen MR) is 173 cm³/mol. The molecule has 1 fully saturated rings. The number of pyridine rings is 1. The fourth-order valence-corrected chi connectivity index (χ4v) is 7.40. The van der Waals surface area contributed by atoms with E-state index in [1.807, 2.05) is 31.9 Å². The molecule has 2 atom stereocenters. The van der Waals surface area contributed by atoms with Crippen molar-refractivity contribution in [2.45, 2.75) is 32.4 Å². The van der Waals surface area contributed by atoms with Crippen molar-refractivity contribution in [3.8, 4) is 0 Å². The van der Waals surface area contributed by atoms with Crippen LogP contribution in [0.15, 0.2) is 64.7 Å². The molecule has 1 aromatic carbocycles. The van der Waals surface area contributed by atoms with Gasteiger partial charge in [-0.1, -0.05) is 0 Å². The fraction of sp³-hybridized carbons (Fsp3) is 0.424. The number of aromatic nitrogens is 1. The van der Waals surface area contributed by atoms with Crippen LogP contribution in [-0.4, -0.2) is 91.2 Å². The van der Waals surface area contributed by atoms with Gasteiger partial charge in [-0.15, -0.1) is 0 Å². The topological polar surface area (TPSA) is 121 Å². The Kier molecular flexibility index (Phi) is 7.86. The molecular weight excluding hydrogens is 613 g/mol. The third-order valence-corrected chi connectivity index (χ3v) is 9.47. The Morgan fingerprint density at radius 2 is 1.70 bits per heavy atom. The van der Waals surface area contributed by atoms with E-state index in [2.05, 4.69) is 5.32 Å². The fourth-order valence-electron chi connectivity index (χ4n) is 6.60. The Balaban J connectivity index is 1.41. The van der Waals surface area contributed by atoms with Gasteiger partial charge in [0.2, 0.25) is 5.91 Å². The largest absolute Gasteiger partial charge is 0.444 e. The summed E-state index contributed by atoms with van der Waals surface area (Å²) in [5, 5.41) is 3.40. The van der Waals surface area contributed by atoms with Crippen molar-refractivity contribution in [2.75, 3.05) is 49.6 Å². The molecule has 1 aliphatic carbocycles. The van der Waals surface area contributed by atoms with Gasteiger partial charge in [0.25, 0.3) is 5.56 Å². The van der Waals surface area contributed by atoms with E-state index in [0.717, 1.165) is 6.26 Å². The number of sulfone groups is 1. The Hall–Kier alpha value is -4.39. The van der Waals surface area contributed by atoms with Crippen LogP contribution in [0.4, 0.5) is 14.9 Å². The van der Waals surface area contributed by atoms with Crippen molar-refractivity contribution in [1.29, 1.82) is 0 Å². The minimum atomic E-state index is -3.48. The molecule has 11 nitrogen and oxygen atoms in total. The molecule has 0 spiro atoms. The van der Waals surface area contributed by atoms with Crippen molar-refractivity contribution in [3.63, 3.8) is 0 Å². The number of nitrogens with zero attached hydrogens (tertiary/aromatic N) is 4. The van der Waals surface area contributed by atoms with Crippen molar-refractivity contribution in [3.05, 3.63) is 87.2 Å². The SMILES string of the molecule is Cn1ccc2c(c1=O)C1=C3C(=CN(c4ccc(F)cc4)C3C(C(=O)N3CCN(C(=O)OC(C)(C)C)CC3)CN1)C=C2CS(C)(=O)=O. The Bertz CT molecular complexity index is 1860. The second-order valence-corrected chi connectivity index (χ2v) is 15.4. The van der Waals surface area contributed by atoms with E-state index < -0.39 is 39.3 Å². The summed E-state index contributed by atoms with van der Waals surface area (Å²) in [5.74, 6) is -1.43. The maximum atomic E-state index is 14.3. The summed E-state index contributed by atoms with van der Waals surface area (Å²) in [7, 11) is -1.85. The van der Waals surface area contributed by atoms with Gasteiger partial charge in [0, 0.05) is 69.7 Å². The lowest BCUT2D eigenvalue weighted by Crippen LogP contribution is -2.57. The van der Waals surface area contributed by atoms with Gasteiger partial charge in [-0.2, -0.15) is 0 Å². The quantitative estimate of drug-likeness (QED) is 0.536. The number of allylic oxidation sites excluding steroid dienone is 1. The zero-order valence-electron chi connectivity index (χ0n) is 26.5. The summed E-state index contributed by atoms with van der Waals surface area (Å²) in [6.07, 6.45) is 5.98. The molecule has 1 aromatic heterocycles. The smallest absolute Gasteiger partial charge is 0.410 e. The highest BCUT2D eigenvalue weighted by atomic mass is 32.2.